The summed E-state index contributed by atoms with van der Waals surface area (Å²) in [5.41, 5.74) is 0.769. The molecule has 4 heteroatoms. The van der Waals surface area contributed by atoms with E-state index in [1.807, 2.05) is 6.07 Å². The third kappa shape index (κ3) is 4.19. The van der Waals surface area contributed by atoms with E-state index in [-0.39, 0.29) is 18.2 Å². The first kappa shape index (κ1) is 14.3. The van der Waals surface area contributed by atoms with E-state index in [4.69, 9.17) is 0 Å². The fraction of sp³-hybridized carbons (Fsp3) is 0.538. The summed E-state index contributed by atoms with van der Waals surface area (Å²) in [4.78, 5) is 0. The number of benzene rings is 1. The number of phenols is 1. The number of phenolic OH excluding ortho intramolecular Hbond substituents is 1. The van der Waals surface area contributed by atoms with Gasteiger partial charge in [0.15, 0.2) is 0 Å². The van der Waals surface area contributed by atoms with Crippen LogP contribution in [0.3, 0.4) is 0 Å². The molecule has 2 rings (SSSR count). The maximum absolute atomic E-state index is 9.93. The summed E-state index contributed by atoms with van der Waals surface area (Å²) in [6.45, 7) is 0.564. The van der Waals surface area contributed by atoms with Gasteiger partial charge in [0, 0.05) is 12.6 Å². The van der Waals surface area contributed by atoms with Gasteiger partial charge in [0.05, 0.1) is 6.10 Å². The number of nitrogens with one attached hydrogen (secondary N) is 1. The normalized spacial score (nSPS) is 17.7. The Kier molecular flexibility index (Phi) is 5.75. The fourth-order valence-corrected chi connectivity index (χ4v) is 2.26. The van der Waals surface area contributed by atoms with Gasteiger partial charge in [0.2, 0.25) is 0 Å². The molecule has 1 fully saturated rings. The van der Waals surface area contributed by atoms with Crippen molar-refractivity contribution in [1.82, 2.24) is 5.32 Å². The second-order valence-electron chi connectivity index (χ2n) is 4.50. The first-order valence-electron chi connectivity index (χ1n) is 5.96. The first-order chi connectivity index (χ1) is 7.75. The molecule has 0 saturated heterocycles. The zero-order valence-corrected chi connectivity index (χ0v) is 10.6. The van der Waals surface area contributed by atoms with Crippen LogP contribution in [0.5, 0.6) is 5.75 Å². The molecule has 0 amide bonds. The van der Waals surface area contributed by atoms with Crippen molar-refractivity contribution in [2.24, 2.45) is 0 Å². The molecule has 0 aliphatic heterocycles. The van der Waals surface area contributed by atoms with Gasteiger partial charge in [-0.2, -0.15) is 0 Å². The molecule has 1 aliphatic rings. The van der Waals surface area contributed by atoms with E-state index in [9.17, 15) is 10.2 Å². The maximum atomic E-state index is 9.93. The minimum Gasteiger partial charge on any atom is -0.508 e. The van der Waals surface area contributed by atoms with Crippen molar-refractivity contribution >= 4 is 12.4 Å². The number of halogens is 1. The Labute approximate surface area is 108 Å². The van der Waals surface area contributed by atoms with Gasteiger partial charge in [-0.25, -0.2) is 0 Å². The van der Waals surface area contributed by atoms with Gasteiger partial charge in [0.25, 0.3) is 0 Å². The van der Waals surface area contributed by atoms with Crippen molar-refractivity contribution in [3.63, 3.8) is 0 Å². The van der Waals surface area contributed by atoms with Crippen molar-refractivity contribution in [3.05, 3.63) is 29.8 Å². The van der Waals surface area contributed by atoms with Crippen LogP contribution in [0.15, 0.2) is 24.3 Å². The molecule has 0 heterocycles. The lowest BCUT2D eigenvalue weighted by molar-refractivity contribution is 0.169. The van der Waals surface area contributed by atoms with Gasteiger partial charge in [-0.15, -0.1) is 12.4 Å². The van der Waals surface area contributed by atoms with Crippen LogP contribution in [0, 0.1) is 0 Å². The van der Waals surface area contributed by atoms with Crippen LogP contribution in [-0.4, -0.2) is 22.8 Å². The third-order valence-electron chi connectivity index (χ3n) is 3.21. The molecular weight excluding hydrogens is 238 g/mol. The monoisotopic (exact) mass is 257 g/mol. The van der Waals surface area contributed by atoms with Crippen molar-refractivity contribution in [2.75, 3.05) is 6.54 Å². The zero-order valence-electron chi connectivity index (χ0n) is 9.80. The van der Waals surface area contributed by atoms with Crippen LogP contribution >= 0.6 is 12.4 Å². The number of aliphatic hydroxyl groups excluding tert-OH is 1. The standard InChI is InChI=1S/C13H19NO2.ClH/c15-12-7-3-4-10(8-12)13(16)9-14-11-5-1-2-6-11;/h3-4,7-8,11,13-16H,1-2,5-6,9H2;1H. The molecule has 17 heavy (non-hydrogen) atoms. The number of hydrogen-bond donors (Lipinski definition) is 3. The largest absolute Gasteiger partial charge is 0.508 e. The van der Waals surface area contributed by atoms with E-state index >= 15 is 0 Å². The quantitative estimate of drug-likeness (QED) is 0.776. The van der Waals surface area contributed by atoms with E-state index in [0.29, 0.717) is 12.6 Å². The van der Waals surface area contributed by atoms with Crippen LogP contribution in [0.1, 0.15) is 37.4 Å². The molecule has 1 unspecified atom stereocenters. The molecule has 0 aromatic heterocycles. The second-order valence-corrected chi connectivity index (χ2v) is 4.50. The minimum atomic E-state index is -0.535. The number of aromatic hydroxyl groups is 1. The molecule has 1 aromatic carbocycles. The van der Waals surface area contributed by atoms with Gasteiger partial charge in [-0.05, 0) is 30.5 Å². The molecule has 0 radical (unpaired) electrons. The summed E-state index contributed by atoms with van der Waals surface area (Å²) in [5.74, 6) is 0.206. The Morgan fingerprint density at radius 1 is 1.29 bits per heavy atom. The lowest BCUT2D eigenvalue weighted by atomic mass is 10.1. The molecule has 0 spiro atoms. The summed E-state index contributed by atoms with van der Waals surface area (Å²) in [7, 11) is 0. The highest BCUT2D eigenvalue weighted by molar-refractivity contribution is 5.85. The molecule has 3 N–H and O–H groups in total. The highest BCUT2D eigenvalue weighted by Crippen LogP contribution is 2.20. The maximum Gasteiger partial charge on any atom is 0.115 e. The Morgan fingerprint density at radius 2 is 2.00 bits per heavy atom. The molecule has 1 saturated carbocycles. The van der Waals surface area contributed by atoms with Crippen molar-refractivity contribution in [1.29, 1.82) is 0 Å². The predicted molar refractivity (Wildman–Crippen MR) is 70.6 cm³/mol. The van der Waals surface area contributed by atoms with Crippen LogP contribution in [0.4, 0.5) is 0 Å². The van der Waals surface area contributed by atoms with E-state index in [1.54, 1.807) is 18.2 Å². The van der Waals surface area contributed by atoms with Gasteiger partial charge < -0.3 is 15.5 Å². The lowest BCUT2D eigenvalue weighted by Crippen LogP contribution is -2.30. The number of hydrogen-bond acceptors (Lipinski definition) is 3. The van der Waals surface area contributed by atoms with Crippen molar-refractivity contribution in [3.8, 4) is 5.75 Å². The molecule has 1 aromatic rings. The second kappa shape index (κ2) is 6.84. The molecular formula is C13H20ClNO2. The number of aliphatic hydroxyl groups is 1. The summed E-state index contributed by atoms with van der Waals surface area (Å²) >= 11 is 0. The Balaban J connectivity index is 0.00000144. The average Bonchev–Trinajstić information content (AvgIpc) is 2.78. The van der Waals surface area contributed by atoms with Crippen molar-refractivity contribution in [2.45, 2.75) is 37.8 Å². The molecule has 96 valence electrons. The predicted octanol–water partition coefficient (Wildman–Crippen LogP) is 2.38. The lowest BCUT2D eigenvalue weighted by Gasteiger charge is -2.16. The van der Waals surface area contributed by atoms with Crippen LogP contribution in [0.25, 0.3) is 0 Å². The van der Waals surface area contributed by atoms with E-state index in [1.165, 1.54) is 25.7 Å². The molecule has 1 atom stereocenters. The average molecular weight is 258 g/mol. The van der Waals surface area contributed by atoms with E-state index < -0.39 is 6.10 Å². The SMILES string of the molecule is Cl.Oc1cccc(C(O)CNC2CCCC2)c1. The Bertz CT molecular complexity index is 340. The summed E-state index contributed by atoms with van der Waals surface area (Å²) in [6, 6.07) is 7.37. The third-order valence-corrected chi connectivity index (χ3v) is 3.21. The highest BCUT2D eigenvalue weighted by atomic mass is 35.5. The summed E-state index contributed by atoms with van der Waals surface area (Å²) in [5, 5.41) is 22.6. The van der Waals surface area contributed by atoms with E-state index in [2.05, 4.69) is 5.32 Å². The van der Waals surface area contributed by atoms with Crippen molar-refractivity contribution < 1.29 is 10.2 Å². The smallest absolute Gasteiger partial charge is 0.115 e. The van der Waals surface area contributed by atoms with E-state index in [0.717, 1.165) is 5.56 Å². The first-order valence-corrected chi connectivity index (χ1v) is 5.96. The van der Waals surface area contributed by atoms with Crippen LogP contribution in [0.2, 0.25) is 0 Å². The fourth-order valence-electron chi connectivity index (χ4n) is 2.26. The van der Waals surface area contributed by atoms with Gasteiger partial charge in [0.1, 0.15) is 5.75 Å². The highest BCUT2D eigenvalue weighted by Gasteiger charge is 2.16. The molecule has 0 bridgehead atoms. The van der Waals surface area contributed by atoms with Gasteiger partial charge >= 0.3 is 0 Å². The Hall–Kier alpha value is -0.770. The summed E-state index contributed by atoms with van der Waals surface area (Å²) in [6.07, 6.45) is 4.48. The molecule has 1 aliphatic carbocycles. The van der Waals surface area contributed by atoms with Gasteiger partial charge in [-0.3, -0.25) is 0 Å². The van der Waals surface area contributed by atoms with Gasteiger partial charge in [-0.1, -0.05) is 25.0 Å². The molecule has 3 nitrogen and oxygen atoms in total. The van der Waals surface area contributed by atoms with Crippen LogP contribution < -0.4 is 5.32 Å². The number of rotatable bonds is 4. The topological polar surface area (TPSA) is 52.5 Å². The zero-order chi connectivity index (χ0) is 11.4. The van der Waals surface area contributed by atoms with Crippen LogP contribution in [-0.2, 0) is 0 Å². The Morgan fingerprint density at radius 3 is 2.65 bits per heavy atom. The summed E-state index contributed by atoms with van der Waals surface area (Å²) < 4.78 is 0. The minimum absolute atomic E-state index is 0.